The van der Waals surface area contributed by atoms with Gasteiger partial charge in [-0.25, -0.2) is 4.98 Å². The predicted molar refractivity (Wildman–Crippen MR) is 66.5 cm³/mol. The van der Waals surface area contributed by atoms with E-state index in [-0.39, 0.29) is 30.9 Å². The normalized spacial score (nSPS) is 18.4. The zero-order valence-electron chi connectivity index (χ0n) is 8.80. The Morgan fingerprint density at radius 1 is 1.50 bits per heavy atom. The lowest BCUT2D eigenvalue weighted by molar-refractivity contribution is 0.138. The van der Waals surface area contributed by atoms with Gasteiger partial charge in [-0.3, -0.25) is 0 Å². The lowest BCUT2D eigenvalue weighted by atomic mass is 10.2. The van der Waals surface area contributed by atoms with Gasteiger partial charge in [0.2, 0.25) is 5.88 Å². The summed E-state index contributed by atoms with van der Waals surface area (Å²) in [6, 6.07) is 3.76. The second-order valence-electron chi connectivity index (χ2n) is 3.31. The Hall–Kier alpha value is -0.550. The van der Waals surface area contributed by atoms with E-state index < -0.39 is 0 Å². The van der Waals surface area contributed by atoms with E-state index in [0.29, 0.717) is 19.0 Å². The average molecular weight is 267 g/mol. The van der Waals surface area contributed by atoms with E-state index in [1.165, 1.54) is 0 Å². The number of pyridine rings is 1. The Labute approximate surface area is 107 Å². The first kappa shape index (κ1) is 15.4. The van der Waals surface area contributed by atoms with Crippen molar-refractivity contribution in [3.8, 4) is 5.88 Å². The molecule has 2 heterocycles. The van der Waals surface area contributed by atoms with Gasteiger partial charge >= 0.3 is 0 Å². The van der Waals surface area contributed by atoms with Gasteiger partial charge in [0, 0.05) is 25.2 Å². The van der Waals surface area contributed by atoms with Crippen LogP contribution in [0.1, 0.15) is 12.0 Å². The Balaban J connectivity index is 0.00000112. The summed E-state index contributed by atoms with van der Waals surface area (Å²) in [4.78, 5) is 4.12. The van der Waals surface area contributed by atoms with Crippen LogP contribution in [0.2, 0.25) is 0 Å². The lowest BCUT2D eigenvalue weighted by Crippen LogP contribution is -2.16. The van der Waals surface area contributed by atoms with Crippen LogP contribution in [0.3, 0.4) is 0 Å². The van der Waals surface area contributed by atoms with Crippen LogP contribution in [0.4, 0.5) is 0 Å². The summed E-state index contributed by atoms with van der Waals surface area (Å²) < 4.78 is 10.8. The molecule has 16 heavy (non-hydrogen) atoms. The molecule has 1 saturated heterocycles. The Bertz CT molecular complexity index is 307. The average Bonchev–Trinajstić information content (AvgIpc) is 2.71. The summed E-state index contributed by atoms with van der Waals surface area (Å²) in [6.07, 6.45) is 2.80. The van der Waals surface area contributed by atoms with Crippen molar-refractivity contribution >= 4 is 24.8 Å². The van der Waals surface area contributed by atoms with Crippen molar-refractivity contribution in [2.75, 3.05) is 13.2 Å². The third-order valence-corrected chi connectivity index (χ3v) is 2.21. The Morgan fingerprint density at radius 2 is 2.31 bits per heavy atom. The summed E-state index contributed by atoms with van der Waals surface area (Å²) in [5.41, 5.74) is 6.55. The summed E-state index contributed by atoms with van der Waals surface area (Å²) in [5, 5.41) is 0. The van der Waals surface area contributed by atoms with Crippen LogP contribution in [0, 0.1) is 0 Å². The largest absolute Gasteiger partial charge is 0.472 e. The van der Waals surface area contributed by atoms with Crippen LogP contribution in [0.15, 0.2) is 18.3 Å². The molecule has 1 fully saturated rings. The highest BCUT2D eigenvalue weighted by atomic mass is 35.5. The topological polar surface area (TPSA) is 57.4 Å². The van der Waals surface area contributed by atoms with Crippen molar-refractivity contribution in [3.63, 3.8) is 0 Å². The maximum Gasteiger partial charge on any atom is 0.213 e. The molecule has 0 saturated carbocycles. The molecule has 1 aliphatic rings. The quantitative estimate of drug-likeness (QED) is 0.902. The van der Waals surface area contributed by atoms with E-state index in [1.54, 1.807) is 6.20 Å². The maximum atomic E-state index is 5.63. The zero-order valence-corrected chi connectivity index (χ0v) is 10.4. The molecule has 2 N–H and O–H groups in total. The third kappa shape index (κ3) is 4.14. The number of rotatable bonds is 3. The highest BCUT2D eigenvalue weighted by Gasteiger charge is 2.17. The second-order valence-corrected chi connectivity index (χ2v) is 3.31. The molecule has 1 aromatic heterocycles. The molecule has 4 nitrogen and oxygen atoms in total. The molecule has 2 rings (SSSR count). The molecular formula is C10H16Cl2N2O2. The van der Waals surface area contributed by atoms with Gasteiger partial charge in [0.15, 0.2) is 0 Å². The monoisotopic (exact) mass is 266 g/mol. The van der Waals surface area contributed by atoms with Gasteiger partial charge in [-0.2, -0.15) is 0 Å². The van der Waals surface area contributed by atoms with E-state index >= 15 is 0 Å². The maximum absolute atomic E-state index is 5.63. The molecule has 1 atom stereocenters. The summed E-state index contributed by atoms with van der Waals surface area (Å²) in [6.45, 7) is 1.95. The zero-order chi connectivity index (χ0) is 9.80. The molecule has 92 valence electrons. The van der Waals surface area contributed by atoms with Crippen LogP contribution in [0.25, 0.3) is 0 Å². The molecule has 0 aromatic carbocycles. The van der Waals surface area contributed by atoms with Gasteiger partial charge in [-0.05, 0) is 11.6 Å². The fraction of sp³-hybridized carbons (Fsp3) is 0.500. The lowest BCUT2D eigenvalue weighted by Gasteiger charge is -2.10. The summed E-state index contributed by atoms with van der Waals surface area (Å²) >= 11 is 0. The van der Waals surface area contributed by atoms with E-state index in [0.717, 1.165) is 18.6 Å². The number of aromatic nitrogens is 1. The minimum atomic E-state index is 0. The number of ether oxygens (including phenoxy) is 2. The number of halogens is 2. The number of nitrogens with zero attached hydrogens (tertiary/aromatic N) is 1. The fourth-order valence-electron chi connectivity index (χ4n) is 1.42. The molecule has 1 aromatic rings. The van der Waals surface area contributed by atoms with Crippen LogP contribution in [-0.2, 0) is 11.3 Å². The third-order valence-electron chi connectivity index (χ3n) is 2.21. The van der Waals surface area contributed by atoms with Gasteiger partial charge in [-0.15, -0.1) is 24.8 Å². The minimum absolute atomic E-state index is 0. The standard InChI is InChI=1S/C10H14N2O2.2ClH/c11-6-8-1-3-12-10(5-8)14-9-2-4-13-7-9;;/h1,3,5,9H,2,4,6-7,11H2;2*1H. The molecule has 1 unspecified atom stereocenters. The van der Waals surface area contributed by atoms with Crippen molar-refractivity contribution in [1.29, 1.82) is 0 Å². The molecule has 1 aliphatic heterocycles. The van der Waals surface area contributed by atoms with E-state index in [4.69, 9.17) is 15.2 Å². The van der Waals surface area contributed by atoms with Gasteiger partial charge in [0.1, 0.15) is 6.10 Å². The number of hydrogen-bond donors (Lipinski definition) is 1. The minimum Gasteiger partial charge on any atom is -0.472 e. The van der Waals surface area contributed by atoms with Crippen LogP contribution >= 0.6 is 24.8 Å². The van der Waals surface area contributed by atoms with Gasteiger partial charge in [-0.1, -0.05) is 0 Å². The molecule has 0 aliphatic carbocycles. The van der Waals surface area contributed by atoms with Crippen LogP contribution in [0.5, 0.6) is 5.88 Å². The first-order chi connectivity index (χ1) is 6.88. The first-order valence-corrected chi connectivity index (χ1v) is 4.78. The van der Waals surface area contributed by atoms with E-state index in [9.17, 15) is 0 Å². The first-order valence-electron chi connectivity index (χ1n) is 4.78. The molecule has 0 amide bonds. The fourth-order valence-corrected chi connectivity index (χ4v) is 1.42. The SMILES string of the molecule is Cl.Cl.NCc1ccnc(OC2CCOC2)c1. The Morgan fingerprint density at radius 3 is 2.94 bits per heavy atom. The van der Waals surface area contributed by atoms with Crippen molar-refractivity contribution in [2.45, 2.75) is 19.1 Å². The van der Waals surface area contributed by atoms with E-state index in [1.807, 2.05) is 12.1 Å². The smallest absolute Gasteiger partial charge is 0.213 e. The molecular weight excluding hydrogens is 251 g/mol. The number of nitrogens with two attached hydrogens (primary N) is 1. The van der Waals surface area contributed by atoms with E-state index in [2.05, 4.69) is 4.98 Å². The van der Waals surface area contributed by atoms with Crippen molar-refractivity contribution < 1.29 is 9.47 Å². The van der Waals surface area contributed by atoms with Crippen molar-refractivity contribution in [2.24, 2.45) is 5.73 Å². The van der Waals surface area contributed by atoms with Crippen molar-refractivity contribution in [3.05, 3.63) is 23.9 Å². The predicted octanol–water partition coefficient (Wildman–Crippen LogP) is 1.55. The highest BCUT2D eigenvalue weighted by molar-refractivity contribution is 5.85. The van der Waals surface area contributed by atoms with Gasteiger partial charge in [0.05, 0.1) is 13.2 Å². The van der Waals surface area contributed by atoms with Gasteiger partial charge in [0.25, 0.3) is 0 Å². The molecule has 6 heteroatoms. The summed E-state index contributed by atoms with van der Waals surface area (Å²) in [5.74, 6) is 0.642. The van der Waals surface area contributed by atoms with Gasteiger partial charge < -0.3 is 15.2 Å². The summed E-state index contributed by atoms with van der Waals surface area (Å²) in [7, 11) is 0. The molecule has 0 radical (unpaired) electrons. The van der Waals surface area contributed by atoms with Crippen LogP contribution < -0.4 is 10.5 Å². The van der Waals surface area contributed by atoms with Crippen LogP contribution in [-0.4, -0.2) is 24.3 Å². The highest BCUT2D eigenvalue weighted by Crippen LogP contribution is 2.15. The number of hydrogen-bond acceptors (Lipinski definition) is 4. The molecule has 0 spiro atoms. The Kier molecular flexibility index (Phi) is 7.42. The van der Waals surface area contributed by atoms with Crippen molar-refractivity contribution in [1.82, 2.24) is 4.98 Å². The second kappa shape index (κ2) is 7.68. The molecule has 0 bridgehead atoms.